The Hall–Kier alpha value is -1.69. The van der Waals surface area contributed by atoms with Crippen LogP contribution >= 0.6 is 24.0 Å². The van der Waals surface area contributed by atoms with Crippen molar-refractivity contribution < 1.29 is 8.42 Å². The van der Waals surface area contributed by atoms with Crippen molar-refractivity contribution in [2.45, 2.75) is 18.7 Å². The Kier molecular flexibility index (Phi) is 9.55. The van der Waals surface area contributed by atoms with Gasteiger partial charge in [-0.3, -0.25) is 9.67 Å². The van der Waals surface area contributed by atoms with Crippen LogP contribution in [-0.2, 0) is 29.2 Å². The van der Waals surface area contributed by atoms with Crippen LogP contribution in [0.25, 0.3) is 0 Å². The topological polar surface area (TPSA) is 101 Å². The third-order valence-electron chi connectivity index (χ3n) is 3.60. The van der Waals surface area contributed by atoms with Crippen molar-refractivity contribution in [3.63, 3.8) is 0 Å². The Bertz CT molecular complexity index is 792. The van der Waals surface area contributed by atoms with Gasteiger partial charge >= 0.3 is 0 Å². The molecule has 0 spiro atoms. The fourth-order valence-electron chi connectivity index (χ4n) is 2.26. The molecule has 10 heteroatoms. The molecule has 0 bridgehead atoms. The van der Waals surface area contributed by atoms with Crippen LogP contribution in [0.5, 0.6) is 0 Å². The van der Waals surface area contributed by atoms with E-state index in [1.54, 1.807) is 11.7 Å². The molecule has 0 amide bonds. The molecule has 0 saturated carbocycles. The second-order valence-corrected chi connectivity index (χ2v) is 7.77. The van der Waals surface area contributed by atoms with E-state index < -0.39 is 9.84 Å². The van der Waals surface area contributed by atoms with Crippen molar-refractivity contribution in [2.24, 2.45) is 12.0 Å². The fourth-order valence-corrected chi connectivity index (χ4v) is 3.69. The number of nitrogens with one attached hydrogen (secondary N) is 2. The molecule has 1 heterocycles. The lowest BCUT2D eigenvalue weighted by atomic mass is 10.2. The van der Waals surface area contributed by atoms with Gasteiger partial charge in [-0.25, -0.2) is 13.4 Å². The summed E-state index contributed by atoms with van der Waals surface area (Å²) in [6, 6.07) is 9.22. The minimum atomic E-state index is -3.11. The number of aryl methyl sites for hydroxylation is 1. The molecule has 1 aromatic heterocycles. The fraction of sp³-hybridized carbons (Fsp3) is 0.438. The van der Waals surface area contributed by atoms with Gasteiger partial charge in [-0.15, -0.1) is 24.0 Å². The van der Waals surface area contributed by atoms with E-state index in [-0.39, 0.29) is 35.5 Å². The molecular weight excluding hydrogens is 467 g/mol. The SMILES string of the molecule is CN=C(NCCCS(=O)(=O)Cc1ccccc1)NCc1ncnn1C.I. The molecule has 8 nitrogen and oxygen atoms in total. The number of sulfone groups is 1. The summed E-state index contributed by atoms with van der Waals surface area (Å²) >= 11 is 0. The minimum Gasteiger partial charge on any atom is -0.356 e. The smallest absolute Gasteiger partial charge is 0.191 e. The molecule has 0 aliphatic heterocycles. The van der Waals surface area contributed by atoms with Gasteiger partial charge in [-0.1, -0.05) is 30.3 Å². The highest BCUT2D eigenvalue weighted by molar-refractivity contribution is 14.0. The molecule has 0 aliphatic rings. The Morgan fingerprint density at radius 2 is 1.96 bits per heavy atom. The number of guanidine groups is 1. The molecule has 1 aromatic carbocycles. The van der Waals surface area contributed by atoms with Crippen molar-refractivity contribution in [1.29, 1.82) is 0 Å². The third-order valence-corrected chi connectivity index (χ3v) is 5.28. The lowest BCUT2D eigenvalue weighted by molar-refractivity contribution is 0.591. The van der Waals surface area contributed by atoms with E-state index >= 15 is 0 Å². The average Bonchev–Trinajstić information content (AvgIpc) is 3.00. The molecule has 0 aliphatic carbocycles. The van der Waals surface area contributed by atoms with Gasteiger partial charge in [0.25, 0.3) is 0 Å². The van der Waals surface area contributed by atoms with E-state index in [9.17, 15) is 8.42 Å². The van der Waals surface area contributed by atoms with Crippen molar-refractivity contribution in [3.05, 3.63) is 48.0 Å². The van der Waals surface area contributed by atoms with Crippen LogP contribution in [0.4, 0.5) is 0 Å². The molecule has 26 heavy (non-hydrogen) atoms. The van der Waals surface area contributed by atoms with Crippen LogP contribution in [0.2, 0.25) is 0 Å². The van der Waals surface area contributed by atoms with Crippen LogP contribution in [0.3, 0.4) is 0 Å². The first kappa shape index (κ1) is 22.4. The first-order valence-corrected chi connectivity index (χ1v) is 9.84. The second-order valence-electron chi connectivity index (χ2n) is 5.58. The van der Waals surface area contributed by atoms with E-state index in [1.807, 2.05) is 37.4 Å². The summed E-state index contributed by atoms with van der Waals surface area (Å²) in [6.45, 7) is 1.01. The van der Waals surface area contributed by atoms with Gasteiger partial charge in [0.1, 0.15) is 12.2 Å². The lowest BCUT2D eigenvalue weighted by Gasteiger charge is -2.11. The molecule has 0 atom stereocenters. The molecule has 0 unspecified atom stereocenters. The molecule has 144 valence electrons. The van der Waals surface area contributed by atoms with Gasteiger partial charge in [0.2, 0.25) is 0 Å². The van der Waals surface area contributed by atoms with Gasteiger partial charge in [0, 0.05) is 20.6 Å². The van der Waals surface area contributed by atoms with Crippen LogP contribution in [0.1, 0.15) is 17.8 Å². The van der Waals surface area contributed by atoms with Crippen LogP contribution in [0.15, 0.2) is 41.7 Å². The normalized spacial score (nSPS) is 11.7. The van der Waals surface area contributed by atoms with Gasteiger partial charge in [0.15, 0.2) is 15.8 Å². The molecule has 0 fully saturated rings. The molecule has 2 aromatic rings. The maximum Gasteiger partial charge on any atom is 0.191 e. The Labute approximate surface area is 171 Å². The first-order chi connectivity index (χ1) is 12.0. The van der Waals surface area contributed by atoms with E-state index in [0.717, 1.165) is 11.4 Å². The zero-order chi connectivity index (χ0) is 18.1. The predicted octanol–water partition coefficient (Wildman–Crippen LogP) is 1.10. The lowest BCUT2D eigenvalue weighted by Crippen LogP contribution is -2.38. The van der Waals surface area contributed by atoms with Crippen LogP contribution < -0.4 is 10.6 Å². The third kappa shape index (κ3) is 7.68. The van der Waals surface area contributed by atoms with Gasteiger partial charge in [-0.2, -0.15) is 5.10 Å². The second kappa shape index (κ2) is 11.1. The number of aliphatic imine (C=N–C) groups is 1. The highest BCUT2D eigenvalue weighted by Gasteiger charge is 2.11. The van der Waals surface area contributed by atoms with E-state index in [0.29, 0.717) is 25.5 Å². The van der Waals surface area contributed by atoms with E-state index in [2.05, 4.69) is 25.7 Å². The number of rotatable bonds is 8. The highest BCUT2D eigenvalue weighted by atomic mass is 127. The minimum absolute atomic E-state index is 0. The van der Waals surface area contributed by atoms with Gasteiger partial charge in [0.05, 0.1) is 18.1 Å². The average molecular weight is 492 g/mol. The van der Waals surface area contributed by atoms with Crippen molar-refractivity contribution in [3.8, 4) is 0 Å². The molecule has 0 saturated heterocycles. The van der Waals surface area contributed by atoms with Crippen molar-refractivity contribution >= 4 is 39.8 Å². The maximum absolute atomic E-state index is 12.1. The van der Waals surface area contributed by atoms with Crippen LogP contribution in [0, 0.1) is 0 Å². The zero-order valence-corrected chi connectivity index (χ0v) is 18.1. The number of nitrogens with zero attached hydrogens (tertiary/aromatic N) is 4. The molecule has 0 radical (unpaired) electrons. The number of aromatic nitrogens is 3. The quantitative estimate of drug-likeness (QED) is 0.248. The van der Waals surface area contributed by atoms with Gasteiger partial charge in [-0.05, 0) is 12.0 Å². The van der Waals surface area contributed by atoms with Gasteiger partial charge < -0.3 is 10.6 Å². The van der Waals surface area contributed by atoms with E-state index in [4.69, 9.17) is 0 Å². The molecular formula is C16H25IN6O2S. The number of hydrogen-bond donors (Lipinski definition) is 2. The Balaban J connectivity index is 0.00000338. The Morgan fingerprint density at radius 1 is 1.23 bits per heavy atom. The number of benzene rings is 1. The first-order valence-electron chi connectivity index (χ1n) is 8.02. The summed E-state index contributed by atoms with van der Waals surface area (Å²) in [5, 5.41) is 10.2. The van der Waals surface area contributed by atoms with Crippen molar-refractivity contribution in [2.75, 3.05) is 19.3 Å². The van der Waals surface area contributed by atoms with Crippen molar-refractivity contribution in [1.82, 2.24) is 25.4 Å². The molecule has 2 rings (SSSR count). The highest BCUT2D eigenvalue weighted by Crippen LogP contribution is 2.06. The summed E-state index contributed by atoms with van der Waals surface area (Å²) in [7, 11) is 0.368. The largest absolute Gasteiger partial charge is 0.356 e. The number of hydrogen-bond acceptors (Lipinski definition) is 5. The summed E-state index contributed by atoms with van der Waals surface area (Å²) < 4.78 is 26.0. The monoisotopic (exact) mass is 492 g/mol. The molecule has 2 N–H and O–H groups in total. The number of halogens is 1. The van der Waals surface area contributed by atoms with E-state index in [1.165, 1.54) is 6.33 Å². The van der Waals surface area contributed by atoms with Crippen LogP contribution in [-0.4, -0.2) is 48.5 Å². The standard InChI is InChI=1S/C16H24N6O2S.HI/c1-17-16(19-11-15-20-13-21-22(15)2)18-9-6-10-25(23,24)12-14-7-4-3-5-8-14;/h3-5,7-8,13H,6,9-12H2,1-2H3,(H2,17,18,19);1H. The Morgan fingerprint density at radius 3 is 2.58 bits per heavy atom. The zero-order valence-electron chi connectivity index (χ0n) is 14.9. The summed E-state index contributed by atoms with van der Waals surface area (Å²) in [4.78, 5) is 8.22. The summed E-state index contributed by atoms with van der Waals surface area (Å²) in [6.07, 6.45) is 2.00. The predicted molar refractivity (Wildman–Crippen MR) is 113 cm³/mol. The maximum atomic E-state index is 12.1. The summed E-state index contributed by atoms with van der Waals surface area (Å²) in [5.74, 6) is 1.60. The summed E-state index contributed by atoms with van der Waals surface area (Å²) in [5.41, 5.74) is 0.816.